The van der Waals surface area contributed by atoms with Crippen LogP contribution in [0.5, 0.6) is 0 Å². The molecular weight excluding hydrogens is 445 g/mol. The van der Waals surface area contributed by atoms with Crippen molar-refractivity contribution in [3.63, 3.8) is 0 Å². The molecule has 0 amide bonds. The van der Waals surface area contributed by atoms with Gasteiger partial charge < -0.3 is 10.2 Å². The fourth-order valence-electron chi connectivity index (χ4n) is 2.69. The van der Waals surface area contributed by atoms with E-state index in [-0.39, 0.29) is 24.0 Å². The Hall–Kier alpha value is -1.09. The SMILES string of the molecule is CCNC(=NCCc1ccsc1)N(C)Cc1cn(C)nc1C(C)C.I. The Morgan fingerprint density at radius 3 is 2.80 bits per heavy atom. The Balaban J connectivity index is 0.00000312. The van der Waals surface area contributed by atoms with Gasteiger partial charge in [-0.1, -0.05) is 13.8 Å². The number of hydrogen-bond acceptors (Lipinski definition) is 3. The molecule has 2 aromatic rings. The van der Waals surface area contributed by atoms with Crippen LogP contribution in [0.4, 0.5) is 0 Å². The number of halogens is 1. The molecule has 25 heavy (non-hydrogen) atoms. The summed E-state index contributed by atoms with van der Waals surface area (Å²) in [6, 6.07) is 2.17. The largest absolute Gasteiger partial charge is 0.357 e. The summed E-state index contributed by atoms with van der Waals surface area (Å²) >= 11 is 1.74. The molecule has 0 spiro atoms. The van der Waals surface area contributed by atoms with Gasteiger partial charge in [-0.15, -0.1) is 24.0 Å². The first kappa shape index (κ1) is 22.0. The maximum Gasteiger partial charge on any atom is 0.193 e. The van der Waals surface area contributed by atoms with Gasteiger partial charge in [0.2, 0.25) is 0 Å². The van der Waals surface area contributed by atoms with Crippen molar-refractivity contribution < 1.29 is 0 Å². The molecule has 0 atom stereocenters. The summed E-state index contributed by atoms with van der Waals surface area (Å²) < 4.78 is 1.90. The molecule has 0 aliphatic rings. The summed E-state index contributed by atoms with van der Waals surface area (Å²) in [6.45, 7) is 8.95. The van der Waals surface area contributed by atoms with Crippen LogP contribution in [0.25, 0.3) is 0 Å². The van der Waals surface area contributed by atoms with Gasteiger partial charge in [-0.2, -0.15) is 16.4 Å². The van der Waals surface area contributed by atoms with E-state index in [0.717, 1.165) is 32.0 Å². The Morgan fingerprint density at radius 1 is 1.44 bits per heavy atom. The van der Waals surface area contributed by atoms with Crippen molar-refractivity contribution in [3.05, 3.63) is 39.8 Å². The minimum absolute atomic E-state index is 0. The molecule has 7 heteroatoms. The van der Waals surface area contributed by atoms with E-state index in [1.165, 1.54) is 16.8 Å². The molecule has 0 aliphatic carbocycles. The maximum atomic E-state index is 4.77. The molecule has 0 bridgehead atoms. The zero-order chi connectivity index (χ0) is 17.5. The van der Waals surface area contributed by atoms with Crippen LogP contribution in [0.2, 0.25) is 0 Å². The summed E-state index contributed by atoms with van der Waals surface area (Å²) in [5, 5.41) is 12.3. The van der Waals surface area contributed by atoms with Gasteiger partial charge in [0.05, 0.1) is 5.69 Å². The van der Waals surface area contributed by atoms with E-state index < -0.39 is 0 Å². The molecule has 0 aromatic carbocycles. The summed E-state index contributed by atoms with van der Waals surface area (Å²) in [7, 11) is 4.07. The van der Waals surface area contributed by atoms with Gasteiger partial charge in [-0.3, -0.25) is 9.67 Å². The molecule has 0 saturated carbocycles. The third-order valence-corrected chi connectivity index (χ3v) is 4.56. The second-order valence-corrected chi connectivity index (χ2v) is 7.12. The van der Waals surface area contributed by atoms with E-state index in [1.807, 2.05) is 11.7 Å². The molecule has 0 radical (unpaired) electrons. The third-order valence-electron chi connectivity index (χ3n) is 3.83. The van der Waals surface area contributed by atoms with E-state index >= 15 is 0 Å². The Labute approximate surface area is 172 Å². The number of nitrogens with zero attached hydrogens (tertiary/aromatic N) is 4. The van der Waals surface area contributed by atoms with Crippen LogP contribution in [0.15, 0.2) is 28.0 Å². The number of rotatable bonds is 7. The minimum atomic E-state index is 0. The van der Waals surface area contributed by atoms with Crippen molar-refractivity contribution in [1.29, 1.82) is 0 Å². The first-order valence-corrected chi connectivity index (χ1v) is 9.48. The number of nitrogens with one attached hydrogen (secondary N) is 1. The molecule has 0 saturated heterocycles. The highest BCUT2D eigenvalue weighted by molar-refractivity contribution is 14.0. The van der Waals surface area contributed by atoms with Gasteiger partial charge in [-0.05, 0) is 41.7 Å². The smallest absolute Gasteiger partial charge is 0.193 e. The number of hydrogen-bond donors (Lipinski definition) is 1. The molecule has 0 fully saturated rings. The lowest BCUT2D eigenvalue weighted by Gasteiger charge is -2.22. The van der Waals surface area contributed by atoms with Crippen molar-refractivity contribution in [2.45, 2.75) is 39.7 Å². The highest BCUT2D eigenvalue weighted by atomic mass is 127. The summed E-state index contributed by atoms with van der Waals surface area (Å²) in [6.07, 6.45) is 3.09. The van der Waals surface area contributed by atoms with Crippen LogP contribution in [0, 0.1) is 0 Å². The molecule has 1 N–H and O–H groups in total. The topological polar surface area (TPSA) is 45.5 Å². The molecule has 0 unspecified atom stereocenters. The van der Waals surface area contributed by atoms with Crippen molar-refractivity contribution >= 4 is 41.3 Å². The van der Waals surface area contributed by atoms with E-state index in [9.17, 15) is 0 Å². The second kappa shape index (κ2) is 10.8. The van der Waals surface area contributed by atoms with Gasteiger partial charge in [0.15, 0.2) is 5.96 Å². The van der Waals surface area contributed by atoms with Gasteiger partial charge >= 0.3 is 0 Å². The van der Waals surface area contributed by atoms with Crippen molar-refractivity contribution in [2.75, 3.05) is 20.1 Å². The lowest BCUT2D eigenvalue weighted by atomic mass is 10.1. The molecule has 2 heterocycles. The van der Waals surface area contributed by atoms with E-state index in [0.29, 0.717) is 5.92 Å². The van der Waals surface area contributed by atoms with E-state index in [4.69, 9.17) is 4.99 Å². The van der Waals surface area contributed by atoms with Crippen LogP contribution < -0.4 is 5.32 Å². The number of aliphatic imine (C=N–C) groups is 1. The minimum Gasteiger partial charge on any atom is -0.357 e. The molecule has 2 aromatic heterocycles. The first-order chi connectivity index (χ1) is 11.5. The highest BCUT2D eigenvalue weighted by Gasteiger charge is 2.15. The number of aryl methyl sites for hydroxylation is 1. The van der Waals surface area contributed by atoms with Crippen LogP contribution in [0.1, 0.15) is 43.5 Å². The molecule has 2 rings (SSSR count). The third kappa shape index (κ3) is 6.62. The lowest BCUT2D eigenvalue weighted by Crippen LogP contribution is -2.38. The van der Waals surface area contributed by atoms with Crippen LogP contribution >= 0.6 is 35.3 Å². The van der Waals surface area contributed by atoms with Crippen molar-refractivity contribution in [1.82, 2.24) is 20.0 Å². The standard InChI is InChI=1S/C18H29N5S.HI/c1-6-19-18(20-9-7-15-8-10-24-13-15)22(4)11-16-12-23(5)21-17(16)14(2)3;/h8,10,12-14H,6-7,9,11H2,1-5H3,(H,19,20);1H. The Bertz CT molecular complexity index is 648. The number of guanidine groups is 1. The van der Waals surface area contributed by atoms with Gasteiger partial charge in [-0.25, -0.2) is 0 Å². The fraction of sp³-hybridized carbons (Fsp3) is 0.556. The van der Waals surface area contributed by atoms with Gasteiger partial charge in [0.25, 0.3) is 0 Å². The van der Waals surface area contributed by atoms with E-state index in [1.54, 1.807) is 11.3 Å². The van der Waals surface area contributed by atoms with Gasteiger partial charge in [0.1, 0.15) is 0 Å². The Morgan fingerprint density at radius 2 is 2.20 bits per heavy atom. The van der Waals surface area contributed by atoms with Crippen molar-refractivity contribution in [3.8, 4) is 0 Å². The predicted molar refractivity (Wildman–Crippen MR) is 118 cm³/mol. The average molecular weight is 475 g/mol. The normalized spacial score (nSPS) is 11.5. The monoisotopic (exact) mass is 475 g/mol. The van der Waals surface area contributed by atoms with Crippen LogP contribution in [0.3, 0.4) is 0 Å². The number of thiophene rings is 1. The average Bonchev–Trinajstić information content (AvgIpc) is 3.16. The summed E-state index contributed by atoms with van der Waals surface area (Å²) in [4.78, 5) is 6.96. The number of aromatic nitrogens is 2. The van der Waals surface area contributed by atoms with Crippen molar-refractivity contribution in [2.24, 2.45) is 12.0 Å². The van der Waals surface area contributed by atoms with Crippen LogP contribution in [-0.2, 0) is 20.0 Å². The zero-order valence-corrected chi connectivity index (χ0v) is 19.0. The van der Waals surface area contributed by atoms with Crippen LogP contribution in [-0.4, -0.2) is 40.8 Å². The van der Waals surface area contributed by atoms with Gasteiger partial charge in [0, 0.05) is 45.5 Å². The maximum absolute atomic E-state index is 4.77. The second-order valence-electron chi connectivity index (χ2n) is 6.34. The summed E-state index contributed by atoms with van der Waals surface area (Å²) in [5.41, 5.74) is 3.79. The molecule has 140 valence electrons. The predicted octanol–water partition coefficient (Wildman–Crippen LogP) is 3.86. The molecule has 0 aliphatic heterocycles. The lowest BCUT2D eigenvalue weighted by molar-refractivity contribution is 0.473. The molecular formula is C18H30IN5S. The molecule has 5 nitrogen and oxygen atoms in total. The quantitative estimate of drug-likeness (QED) is 0.376. The van der Waals surface area contributed by atoms with E-state index in [2.05, 4.69) is 66.2 Å². The highest BCUT2D eigenvalue weighted by Crippen LogP contribution is 2.18. The first-order valence-electron chi connectivity index (χ1n) is 8.54. The fourth-order valence-corrected chi connectivity index (χ4v) is 3.39. The zero-order valence-electron chi connectivity index (χ0n) is 15.8. The Kier molecular flexibility index (Phi) is 9.48. The summed E-state index contributed by atoms with van der Waals surface area (Å²) in [5.74, 6) is 1.37.